The maximum atomic E-state index is 5.79. The Morgan fingerprint density at radius 2 is 2.33 bits per heavy atom. The number of aromatic nitrogens is 3. The molecule has 2 aromatic heterocycles. The lowest BCUT2D eigenvalue weighted by Gasteiger charge is -1.88. The van der Waals surface area contributed by atoms with E-state index in [4.69, 9.17) is 5.84 Å². The lowest BCUT2D eigenvalue weighted by molar-refractivity contribution is -0.654. The molecule has 0 aliphatic heterocycles. The molecule has 4 nitrogen and oxygen atoms in total. The van der Waals surface area contributed by atoms with Gasteiger partial charge in [0.15, 0.2) is 5.52 Å². The van der Waals surface area contributed by atoms with Crippen molar-refractivity contribution in [2.24, 2.45) is 7.05 Å². The summed E-state index contributed by atoms with van der Waals surface area (Å²) >= 11 is 0. The topological polar surface area (TPSA) is 47.7 Å². The van der Waals surface area contributed by atoms with Gasteiger partial charge in [-0.2, -0.15) is 4.68 Å². The molecule has 0 amide bonds. The molecule has 0 radical (unpaired) electrons. The van der Waals surface area contributed by atoms with Crippen molar-refractivity contribution in [2.45, 2.75) is 6.92 Å². The fourth-order valence-electron chi connectivity index (χ4n) is 1.32. The summed E-state index contributed by atoms with van der Waals surface area (Å²) in [6.07, 6.45) is 1.77. The van der Waals surface area contributed by atoms with Gasteiger partial charge in [-0.05, 0) is 12.1 Å². The first-order chi connectivity index (χ1) is 5.72. The summed E-state index contributed by atoms with van der Waals surface area (Å²) in [6.45, 7) is 1.96. The van der Waals surface area contributed by atoms with E-state index in [1.54, 1.807) is 10.9 Å². The van der Waals surface area contributed by atoms with E-state index in [1.807, 2.05) is 30.7 Å². The van der Waals surface area contributed by atoms with Crippen LogP contribution in [0.25, 0.3) is 11.2 Å². The lowest BCUT2D eigenvalue weighted by Crippen LogP contribution is -2.32. The van der Waals surface area contributed by atoms with Gasteiger partial charge in [0.1, 0.15) is 6.20 Å². The van der Waals surface area contributed by atoms with Crippen LogP contribution in [-0.4, -0.2) is 9.66 Å². The first-order valence-electron chi connectivity index (χ1n) is 3.79. The zero-order valence-electron chi connectivity index (χ0n) is 7.15. The zero-order chi connectivity index (χ0) is 8.72. The Balaban J connectivity index is 2.99. The van der Waals surface area contributed by atoms with Crippen LogP contribution in [0.3, 0.4) is 0 Å². The number of nitrogens with zero attached hydrogens (tertiary/aromatic N) is 3. The predicted octanol–water partition coefficient (Wildman–Crippen LogP) is -0.117. The first kappa shape index (κ1) is 7.09. The number of hydrogen-bond acceptors (Lipinski definition) is 2. The molecule has 0 saturated heterocycles. The normalized spacial score (nSPS) is 10.8. The molecule has 2 N–H and O–H groups in total. The Bertz CT molecular complexity index is 391. The number of fused-ring (bicyclic) bond motifs is 1. The molecular formula is C8H11N4+. The third kappa shape index (κ3) is 0.717. The van der Waals surface area contributed by atoms with Crippen LogP contribution in [0, 0.1) is 6.92 Å². The van der Waals surface area contributed by atoms with E-state index in [0.29, 0.717) is 0 Å². The van der Waals surface area contributed by atoms with E-state index in [2.05, 4.69) is 4.98 Å². The van der Waals surface area contributed by atoms with Gasteiger partial charge in [0.2, 0.25) is 5.82 Å². The van der Waals surface area contributed by atoms with Crippen LogP contribution in [0.15, 0.2) is 18.3 Å². The highest BCUT2D eigenvalue weighted by Gasteiger charge is 2.15. The molecule has 0 atom stereocenters. The van der Waals surface area contributed by atoms with Crippen LogP contribution < -0.4 is 10.4 Å². The second kappa shape index (κ2) is 2.20. The third-order valence-corrected chi connectivity index (χ3v) is 2.18. The van der Waals surface area contributed by atoms with E-state index in [-0.39, 0.29) is 0 Å². The van der Waals surface area contributed by atoms with Crippen LogP contribution in [0.2, 0.25) is 0 Å². The van der Waals surface area contributed by atoms with Gasteiger partial charge in [-0.25, -0.2) is 4.57 Å². The van der Waals surface area contributed by atoms with Crippen molar-refractivity contribution in [3.63, 3.8) is 0 Å². The Kier molecular flexibility index (Phi) is 1.30. The summed E-state index contributed by atoms with van der Waals surface area (Å²) in [5.41, 5.74) is 1.87. The standard InChI is InChI=1S/C8H11N4/c1-6-11(2)8-7(12(6)9)4-3-5-10-8/h3-5H,9H2,1-2H3/q+1. The van der Waals surface area contributed by atoms with Crippen LogP contribution in [0.4, 0.5) is 0 Å². The summed E-state index contributed by atoms with van der Waals surface area (Å²) in [5, 5.41) is 0. The molecule has 12 heavy (non-hydrogen) atoms. The molecule has 2 aromatic rings. The maximum absolute atomic E-state index is 5.79. The maximum Gasteiger partial charge on any atom is 0.303 e. The number of imidazole rings is 1. The van der Waals surface area contributed by atoms with Crippen molar-refractivity contribution in [3.05, 3.63) is 24.2 Å². The smallest absolute Gasteiger partial charge is 0.291 e. The monoisotopic (exact) mass is 163 g/mol. The minimum atomic E-state index is 0.914. The molecule has 0 unspecified atom stereocenters. The van der Waals surface area contributed by atoms with Crippen molar-refractivity contribution in [1.29, 1.82) is 0 Å². The van der Waals surface area contributed by atoms with Gasteiger partial charge >= 0.3 is 5.65 Å². The van der Waals surface area contributed by atoms with Crippen LogP contribution in [-0.2, 0) is 7.05 Å². The molecular weight excluding hydrogens is 152 g/mol. The Hall–Kier alpha value is -1.58. The van der Waals surface area contributed by atoms with Gasteiger partial charge in [-0.1, -0.05) is 0 Å². The predicted molar refractivity (Wildman–Crippen MR) is 45.8 cm³/mol. The summed E-state index contributed by atoms with van der Waals surface area (Å²) in [7, 11) is 1.95. The average molecular weight is 163 g/mol. The molecule has 0 saturated carbocycles. The van der Waals surface area contributed by atoms with Crippen molar-refractivity contribution in [2.75, 3.05) is 5.84 Å². The zero-order valence-corrected chi connectivity index (χ0v) is 7.15. The molecule has 0 bridgehead atoms. The van der Waals surface area contributed by atoms with Crippen molar-refractivity contribution in [3.8, 4) is 0 Å². The Morgan fingerprint density at radius 3 is 3.00 bits per heavy atom. The van der Waals surface area contributed by atoms with Crippen molar-refractivity contribution < 1.29 is 4.57 Å². The summed E-state index contributed by atoms with van der Waals surface area (Å²) in [6, 6.07) is 3.83. The summed E-state index contributed by atoms with van der Waals surface area (Å²) in [5.74, 6) is 6.78. The number of hydrogen-bond donors (Lipinski definition) is 1. The van der Waals surface area contributed by atoms with Crippen LogP contribution >= 0.6 is 0 Å². The largest absolute Gasteiger partial charge is 0.303 e. The van der Waals surface area contributed by atoms with Gasteiger partial charge in [0.05, 0.1) is 7.05 Å². The molecule has 62 valence electrons. The Morgan fingerprint density at radius 1 is 1.58 bits per heavy atom. The van der Waals surface area contributed by atoms with E-state index in [9.17, 15) is 0 Å². The minimum Gasteiger partial charge on any atom is -0.291 e. The minimum absolute atomic E-state index is 0.914. The molecule has 0 aliphatic rings. The fraction of sp³-hybridized carbons (Fsp3) is 0.250. The van der Waals surface area contributed by atoms with Gasteiger partial charge in [-0.15, -0.1) is 4.98 Å². The van der Waals surface area contributed by atoms with Gasteiger partial charge in [-0.3, -0.25) is 5.84 Å². The second-order valence-corrected chi connectivity index (χ2v) is 2.82. The van der Waals surface area contributed by atoms with Crippen molar-refractivity contribution >= 4 is 11.2 Å². The molecule has 0 aliphatic carbocycles. The highest BCUT2D eigenvalue weighted by Crippen LogP contribution is 2.06. The van der Waals surface area contributed by atoms with Gasteiger partial charge in [0.25, 0.3) is 0 Å². The molecule has 2 rings (SSSR count). The SMILES string of the molecule is Cc1n(N)c2cccnc2[n+]1C. The van der Waals surface area contributed by atoms with Gasteiger partial charge < -0.3 is 0 Å². The number of nitrogens with two attached hydrogens (primary N) is 1. The first-order valence-corrected chi connectivity index (χ1v) is 3.79. The number of aryl methyl sites for hydroxylation is 1. The highest BCUT2D eigenvalue weighted by molar-refractivity contribution is 5.67. The van der Waals surface area contributed by atoms with E-state index >= 15 is 0 Å². The summed E-state index contributed by atoms with van der Waals surface area (Å²) in [4.78, 5) is 4.22. The molecule has 0 aromatic carbocycles. The highest BCUT2D eigenvalue weighted by atomic mass is 15.4. The van der Waals surface area contributed by atoms with Crippen LogP contribution in [0.1, 0.15) is 5.82 Å². The quantitative estimate of drug-likeness (QED) is 0.435. The molecule has 4 heteroatoms. The van der Waals surface area contributed by atoms with E-state index < -0.39 is 0 Å². The van der Waals surface area contributed by atoms with Crippen LogP contribution in [0.5, 0.6) is 0 Å². The number of rotatable bonds is 0. The third-order valence-electron chi connectivity index (χ3n) is 2.18. The molecule has 2 heterocycles. The van der Waals surface area contributed by atoms with Crippen molar-refractivity contribution in [1.82, 2.24) is 9.66 Å². The van der Waals surface area contributed by atoms with E-state index in [1.165, 1.54) is 0 Å². The molecule has 0 spiro atoms. The van der Waals surface area contributed by atoms with Gasteiger partial charge in [0, 0.05) is 6.92 Å². The lowest BCUT2D eigenvalue weighted by atomic mass is 10.4. The molecule has 0 fully saturated rings. The Labute approximate surface area is 70.2 Å². The number of pyridine rings is 1. The summed E-state index contributed by atoms with van der Waals surface area (Å²) < 4.78 is 3.61. The number of nitrogen functional groups attached to an aromatic ring is 1. The second-order valence-electron chi connectivity index (χ2n) is 2.82. The average Bonchev–Trinajstić information content (AvgIpc) is 2.33. The van der Waals surface area contributed by atoms with E-state index in [0.717, 1.165) is 17.0 Å². The fourth-order valence-corrected chi connectivity index (χ4v) is 1.32.